The predicted octanol–water partition coefficient (Wildman–Crippen LogP) is 4.02. The Labute approximate surface area is 158 Å². The van der Waals surface area contributed by atoms with Crippen LogP contribution in [0, 0.1) is 13.8 Å². The minimum atomic E-state index is -0.0682. The normalized spacial score (nSPS) is 10.7. The molecule has 0 fully saturated rings. The second-order valence-corrected chi connectivity index (χ2v) is 6.32. The molecule has 1 heterocycles. The molecule has 0 saturated carbocycles. The van der Waals surface area contributed by atoms with Gasteiger partial charge in [0.25, 0.3) is 5.91 Å². The van der Waals surface area contributed by atoms with Gasteiger partial charge in [-0.15, -0.1) is 0 Å². The van der Waals surface area contributed by atoms with Crippen molar-refractivity contribution in [2.24, 2.45) is 0 Å². The van der Waals surface area contributed by atoms with E-state index in [2.05, 4.69) is 10.1 Å². The van der Waals surface area contributed by atoms with E-state index in [1.165, 1.54) is 0 Å². The molecule has 0 N–H and O–H groups in total. The highest BCUT2D eigenvalue weighted by Crippen LogP contribution is 2.27. The number of rotatable bonds is 6. The second kappa shape index (κ2) is 8.03. The van der Waals surface area contributed by atoms with Crippen molar-refractivity contribution >= 4 is 5.91 Å². The topological polar surface area (TPSA) is 68.5 Å². The van der Waals surface area contributed by atoms with Crippen molar-refractivity contribution in [2.75, 3.05) is 13.7 Å². The fraction of sp³-hybridized carbons (Fsp3) is 0.286. The van der Waals surface area contributed by atoms with Crippen LogP contribution in [-0.4, -0.2) is 34.6 Å². The van der Waals surface area contributed by atoms with E-state index in [0.717, 1.165) is 22.4 Å². The Balaban J connectivity index is 1.86. The molecular weight excluding hydrogens is 342 g/mol. The van der Waals surface area contributed by atoms with Crippen molar-refractivity contribution in [3.05, 3.63) is 65.3 Å². The van der Waals surface area contributed by atoms with Crippen LogP contribution in [0.4, 0.5) is 0 Å². The Bertz CT molecular complexity index is 949. The van der Waals surface area contributed by atoms with Crippen molar-refractivity contribution in [2.45, 2.75) is 27.3 Å². The molecule has 6 nitrogen and oxygen atoms in total. The highest BCUT2D eigenvalue weighted by molar-refractivity contribution is 5.95. The average Bonchev–Trinajstić information content (AvgIpc) is 3.10. The van der Waals surface area contributed by atoms with Gasteiger partial charge in [0, 0.05) is 12.1 Å². The number of aryl methyl sites for hydroxylation is 2. The molecule has 0 aliphatic heterocycles. The van der Waals surface area contributed by atoms with Crippen LogP contribution in [0.1, 0.15) is 34.6 Å². The molecule has 3 rings (SSSR count). The molecule has 0 radical (unpaired) electrons. The first kappa shape index (κ1) is 18.6. The van der Waals surface area contributed by atoms with Crippen molar-refractivity contribution in [1.82, 2.24) is 15.0 Å². The zero-order valence-corrected chi connectivity index (χ0v) is 16.0. The van der Waals surface area contributed by atoms with Crippen LogP contribution in [0.25, 0.3) is 11.1 Å². The van der Waals surface area contributed by atoms with E-state index < -0.39 is 0 Å². The van der Waals surface area contributed by atoms with Gasteiger partial charge >= 0.3 is 0 Å². The van der Waals surface area contributed by atoms with E-state index in [0.29, 0.717) is 30.4 Å². The number of amides is 1. The molecule has 0 bridgehead atoms. The first-order valence-corrected chi connectivity index (χ1v) is 8.85. The lowest BCUT2D eigenvalue weighted by atomic mass is 9.98. The highest BCUT2D eigenvalue weighted by atomic mass is 16.5. The van der Waals surface area contributed by atoms with Gasteiger partial charge in [-0.2, -0.15) is 4.98 Å². The van der Waals surface area contributed by atoms with E-state index in [-0.39, 0.29) is 5.91 Å². The van der Waals surface area contributed by atoms with Crippen molar-refractivity contribution in [3.63, 3.8) is 0 Å². The number of ether oxygens (including phenoxy) is 1. The van der Waals surface area contributed by atoms with Crippen LogP contribution in [0.15, 0.2) is 47.0 Å². The van der Waals surface area contributed by atoms with E-state index in [9.17, 15) is 4.79 Å². The summed E-state index contributed by atoms with van der Waals surface area (Å²) in [6.45, 7) is 6.56. The average molecular weight is 365 g/mol. The highest BCUT2D eigenvalue weighted by Gasteiger charge is 2.18. The molecule has 0 spiro atoms. The number of carbonyl (C=O) groups excluding carboxylic acids is 1. The molecule has 0 aliphatic carbocycles. The molecular formula is C21H23N3O3. The van der Waals surface area contributed by atoms with Gasteiger partial charge in [0.05, 0.1) is 7.11 Å². The van der Waals surface area contributed by atoms with Gasteiger partial charge in [0.2, 0.25) is 5.89 Å². The Hall–Kier alpha value is -3.15. The molecule has 0 aliphatic rings. The molecule has 1 amide bonds. The Morgan fingerprint density at radius 2 is 2.00 bits per heavy atom. The zero-order chi connectivity index (χ0) is 19.4. The lowest BCUT2D eigenvalue weighted by Gasteiger charge is -2.19. The molecule has 0 atom stereocenters. The van der Waals surface area contributed by atoms with Crippen molar-refractivity contribution < 1.29 is 14.1 Å². The molecule has 6 heteroatoms. The van der Waals surface area contributed by atoms with Gasteiger partial charge < -0.3 is 14.2 Å². The molecule has 140 valence electrons. The molecule has 0 unspecified atom stereocenters. The summed E-state index contributed by atoms with van der Waals surface area (Å²) in [5.74, 6) is 1.74. The maximum absolute atomic E-state index is 13.0. The van der Waals surface area contributed by atoms with Crippen LogP contribution in [0.3, 0.4) is 0 Å². The van der Waals surface area contributed by atoms with Gasteiger partial charge in [-0.1, -0.05) is 23.4 Å². The zero-order valence-electron chi connectivity index (χ0n) is 16.0. The number of nitrogens with zero attached hydrogens (tertiary/aromatic N) is 3. The van der Waals surface area contributed by atoms with Crippen LogP contribution in [0.5, 0.6) is 5.75 Å². The lowest BCUT2D eigenvalue weighted by Crippen LogP contribution is -2.30. The van der Waals surface area contributed by atoms with Gasteiger partial charge in [-0.3, -0.25) is 4.79 Å². The smallest absolute Gasteiger partial charge is 0.254 e. The molecule has 2 aromatic carbocycles. The lowest BCUT2D eigenvalue weighted by molar-refractivity contribution is 0.0734. The van der Waals surface area contributed by atoms with E-state index in [4.69, 9.17) is 9.26 Å². The minimum Gasteiger partial charge on any atom is -0.497 e. The summed E-state index contributed by atoms with van der Waals surface area (Å²) >= 11 is 0. The van der Waals surface area contributed by atoms with Crippen LogP contribution in [-0.2, 0) is 6.54 Å². The summed E-state index contributed by atoms with van der Waals surface area (Å²) in [5.41, 5.74) is 3.78. The summed E-state index contributed by atoms with van der Waals surface area (Å²) in [6.07, 6.45) is 0. The Kier molecular flexibility index (Phi) is 5.54. The first-order valence-electron chi connectivity index (χ1n) is 8.85. The summed E-state index contributed by atoms with van der Waals surface area (Å²) in [5, 5.41) is 3.78. The summed E-state index contributed by atoms with van der Waals surface area (Å²) in [6, 6.07) is 13.6. The standard InChI is InChI=1S/C21H23N3O3/c1-5-24(13-20-22-15(3)23-27-20)21(25)17-8-6-7-16(12-17)19-10-9-18(26-4)11-14(19)2/h6-12H,5,13H2,1-4H3. The van der Waals surface area contributed by atoms with E-state index >= 15 is 0 Å². The third-order valence-corrected chi connectivity index (χ3v) is 4.42. The number of hydrogen-bond acceptors (Lipinski definition) is 5. The Morgan fingerprint density at radius 3 is 2.63 bits per heavy atom. The fourth-order valence-electron chi connectivity index (χ4n) is 2.98. The predicted molar refractivity (Wildman–Crippen MR) is 103 cm³/mol. The van der Waals surface area contributed by atoms with Crippen LogP contribution < -0.4 is 4.74 Å². The SMILES string of the molecule is CCN(Cc1nc(C)no1)C(=O)c1cccc(-c2ccc(OC)cc2C)c1. The summed E-state index contributed by atoms with van der Waals surface area (Å²) < 4.78 is 10.4. The van der Waals surface area contributed by atoms with Crippen LogP contribution >= 0.6 is 0 Å². The monoisotopic (exact) mass is 365 g/mol. The first-order chi connectivity index (χ1) is 13.0. The maximum atomic E-state index is 13.0. The largest absolute Gasteiger partial charge is 0.497 e. The number of aromatic nitrogens is 2. The Morgan fingerprint density at radius 1 is 1.19 bits per heavy atom. The molecule has 27 heavy (non-hydrogen) atoms. The van der Waals surface area contributed by atoms with Crippen molar-refractivity contribution in [1.29, 1.82) is 0 Å². The molecule has 1 aromatic heterocycles. The molecule has 3 aromatic rings. The number of hydrogen-bond donors (Lipinski definition) is 0. The van der Waals surface area contributed by atoms with Gasteiger partial charge in [0.1, 0.15) is 12.3 Å². The van der Waals surface area contributed by atoms with E-state index in [1.807, 2.05) is 56.3 Å². The minimum absolute atomic E-state index is 0.0682. The number of carbonyl (C=O) groups is 1. The van der Waals surface area contributed by atoms with Gasteiger partial charge in [0.15, 0.2) is 5.82 Å². The van der Waals surface area contributed by atoms with Crippen molar-refractivity contribution in [3.8, 4) is 16.9 Å². The number of methoxy groups -OCH3 is 1. The summed E-state index contributed by atoms with van der Waals surface area (Å²) in [4.78, 5) is 18.8. The van der Waals surface area contributed by atoms with Gasteiger partial charge in [-0.25, -0.2) is 0 Å². The van der Waals surface area contributed by atoms with Crippen LogP contribution in [0.2, 0.25) is 0 Å². The quantitative estimate of drug-likeness (QED) is 0.660. The number of benzene rings is 2. The third kappa shape index (κ3) is 4.16. The van der Waals surface area contributed by atoms with Gasteiger partial charge in [-0.05, 0) is 61.7 Å². The second-order valence-electron chi connectivity index (χ2n) is 6.32. The molecule has 0 saturated heterocycles. The fourth-order valence-corrected chi connectivity index (χ4v) is 2.98. The third-order valence-electron chi connectivity index (χ3n) is 4.42. The van der Waals surface area contributed by atoms with E-state index in [1.54, 1.807) is 18.9 Å². The summed E-state index contributed by atoms with van der Waals surface area (Å²) in [7, 11) is 1.65. The maximum Gasteiger partial charge on any atom is 0.254 e.